The van der Waals surface area contributed by atoms with Crippen molar-refractivity contribution in [2.45, 2.75) is 24.9 Å². The standard InChI is InChI=1S/C28H28N4O5S2/c1-37-28(34)31-24(17-19-8-4-2-5-9-19)26(33)29-23(16-20-12-14-22(15-13-20)32-39(35)36)25-18-38-27(30-25)21-10-6-3-7-11-21/h2-15,18,23-24,32H,16-17H2,1H3,(H,29,33)(H,31,34)(H,35,36)/t23-,24-/m0/s1. The Kier molecular flexibility index (Phi) is 9.79. The average Bonchev–Trinajstić information content (AvgIpc) is 3.44. The van der Waals surface area contributed by atoms with Gasteiger partial charge in [0.2, 0.25) is 5.91 Å². The number of thiazole rings is 1. The Labute approximate surface area is 233 Å². The van der Waals surface area contributed by atoms with Crippen molar-refractivity contribution in [3.05, 3.63) is 107 Å². The highest BCUT2D eigenvalue weighted by molar-refractivity contribution is 7.80. The molecule has 4 aromatic rings. The normalized spacial score (nSPS) is 13.1. The highest BCUT2D eigenvalue weighted by Gasteiger charge is 2.26. The Morgan fingerprint density at radius 2 is 1.56 bits per heavy atom. The number of amides is 2. The minimum absolute atomic E-state index is 0.277. The molecule has 0 saturated carbocycles. The van der Waals surface area contributed by atoms with E-state index in [0.29, 0.717) is 17.8 Å². The molecule has 0 saturated heterocycles. The molecule has 202 valence electrons. The fourth-order valence-corrected chi connectivity index (χ4v) is 5.18. The minimum atomic E-state index is -2.18. The van der Waals surface area contributed by atoms with Crippen molar-refractivity contribution in [1.29, 1.82) is 0 Å². The minimum Gasteiger partial charge on any atom is -0.453 e. The van der Waals surface area contributed by atoms with Crippen LogP contribution < -0.4 is 15.4 Å². The van der Waals surface area contributed by atoms with Gasteiger partial charge in [0, 0.05) is 23.1 Å². The van der Waals surface area contributed by atoms with Gasteiger partial charge in [-0.15, -0.1) is 11.3 Å². The lowest BCUT2D eigenvalue weighted by molar-refractivity contribution is -0.123. The molecule has 0 aliphatic carbocycles. The lowest BCUT2D eigenvalue weighted by Gasteiger charge is -2.23. The molecule has 3 atom stereocenters. The van der Waals surface area contributed by atoms with Crippen LogP contribution in [-0.2, 0) is 33.6 Å². The fourth-order valence-electron chi connectivity index (χ4n) is 3.97. The van der Waals surface area contributed by atoms with Crippen LogP contribution in [-0.4, -0.2) is 38.9 Å². The van der Waals surface area contributed by atoms with E-state index in [1.54, 1.807) is 12.1 Å². The number of carbonyl (C=O) groups excluding carboxylic acids is 2. The van der Waals surface area contributed by atoms with E-state index >= 15 is 0 Å². The smallest absolute Gasteiger partial charge is 0.407 e. The summed E-state index contributed by atoms with van der Waals surface area (Å²) in [6, 6.07) is 24.8. The van der Waals surface area contributed by atoms with Crippen LogP contribution in [0.5, 0.6) is 0 Å². The van der Waals surface area contributed by atoms with Crippen LogP contribution in [0, 0.1) is 0 Å². The number of rotatable bonds is 11. The van der Waals surface area contributed by atoms with Gasteiger partial charge in [-0.2, -0.15) is 0 Å². The van der Waals surface area contributed by atoms with E-state index < -0.39 is 29.4 Å². The summed E-state index contributed by atoms with van der Waals surface area (Å²) in [6.45, 7) is 0. The van der Waals surface area contributed by atoms with Crippen LogP contribution >= 0.6 is 11.3 Å². The van der Waals surface area contributed by atoms with Gasteiger partial charge in [-0.1, -0.05) is 72.8 Å². The van der Waals surface area contributed by atoms with Crippen molar-refractivity contribution < 1.29 is 23.1 Å². The van der Waals surface area contributed by atoms with Crippen LogP contribution in [0.2, 0.25) is 0 Å². The lowest BCUT2D eigenvalue weighted by Crippen LogP contribution is -2.49. The zero-order valence-corrected chi connectivity index (χ0v) is 22.7. The second-order valence-corrected chi connectivity index (χ2v) is 10.2. The Hall–Kier alpha value is -4.06. The van der Waals surface area contributed by atoms with E-state index in [-0.39, 0.29) is 12.3 Å². The molecule has 1 aromatic heterocycles. The number of hydrogen-bond donors (Lipinski definition) is 4. The summed E-state index contributed by atoms with van der Waals surface area (Å²) >= 11 is -0.696. The molecule has 0 spiro atoms. The topological polar surface area (TPSA) is 130 Å². The summed E-state index contributed by atoms with van der Waals surface area (Å²) in [6.07, 6.45) is -0.0193. The molecular formula is C28H28N4O5S2. The highest BCUT2D eigenvalue weighted by Crippen LogP contribution is 2.28. The highest BCUT2D eigenvalue weighted by atomic mass is 32.2. The van der Waals surface area contributed by atoms with E-state index in [1.165, 1.54) is 18.4 Å². The first-order valence-electron chi connectivity index (χ1n) is 12.1. The molecular weight excluding hydrogens is 536 g/mol. The molecule has 0 radical (unpaired) electrons. The fraction of sp³-hybridized carbons (Fsp3) is 0.179. The van der Waals surface area contributed by atoms with Gasteiger partial charge in [-0.3, -0.25) is 14.1 Å². The predicted molar refractivity (Wildman–Crippen MR) is 152 cm³/mol. The van der Waals surface area contributed by atoms with E-state index in [4.69, 9.17) is 14.3 Å². The van der Waals surface area contributed by atoms with E-state index in [0.717, 1.165) is 21.7 Å². The monoisotopic (exact) mass is 564 g/mol. The summed E-state index contributed by atoms with van der Waals surface area (Å²) in [5, 5.41) is 8.45. The molecule has 9 nitrogen and oxygen atoms in total. The van der Waals surface area contributed by atoms with Gasteiger partial charge in [0.1, 0.15) is 11.0 Å². The quantitative estimate of drug-likeness (QED) is 0.195. The zero-order valence-electron chi connectivity index (χ0n) is 21.1. The van der Waals surface area contributed by atoms with Crippen LogP contribution in [0.25, 0.3) is 10.6 Å². The maximum atomic E-state index is 13.5. The second kappa shape index (κ2) is 13.7. The van der Waals surface area contributed by atoms with Crippen molar-refractivity contribution in [3.63, 3.8) is 0 Å². The molecule has 4 rings (SSSR count). The number of alkyl carbamates (subject to hydrolysis) is 1. The number of anilines is 1. The second-order valence-electron chi connectivity index (χ2n) is 8.64. The third-order valence-corrected chi connectivity index (χ3v) is 7.21. The number of carbonyl (C=O) groups is 2. The largest absolute Gasteiger partial charge is 0.453 e. The summed E-state index contributed by atoms with van der Waals surface area (Å²) in [4.78, 5) is 30.4. The molecule has 1 unspecified atom stereocenters. The summed E-state index contributed by atoms with van der Waals surface area (Å²) in [7, 11) is 1.25. The third-order valence-electron chi connectivity index (χ3n) is 5.89. The number of nitrogens with one attached hydrogen (secondary N) is 3. The Balaban J connectivity index is 1.60. The van der Waals surface area contributed by atoms with Crippen LogP contribution in [0.3, 0.4) is 0 Å². The molecule has 0 aliphatic heterocycles. The summed E-state index contributed by atoms with van der Waals surface area (Å²) in [5.74, 6) is -0.377. The van der Waals surface area contributed by atoms with E-state index in [9.17, 15) is 13.8 Å². The number of methoxy groups -OCH3 is 1. The van der Waals surface area contributed by atoms with Crippen molar-refractivity contribution >= 4 is 40.3 Å². The molecule has 39 heavy (non-hydrogen) atoms. The number of hydrogen-bond acceptors (Lipinski definition) is 6. The van der Waals surface area contributed by atoms with Gasteiger partial charge in [0.25, 0.3) is 11.3 Å². The summed E-state index contributed by atoms with van der Waals surface area (Å²) < 4.78 is 27.3. The Morgan fingerprint density at radius 1 is 0.923 bits per heavy atom. The van der Waals surface area contributed by atoms with Crippen molar-refractivity contribution in [2.75, 3.05) is 11.8 Å². The van der Waals surface area contributed by atoms with Gasteiger partial charge in [-0.05, 0) is 29.7 Å². The lowest BCUT2D eigenvalue weighted by atomic mass is 10.0. The van der Waals surface area contributed by atoms with E-state index in [2.05, 4.69) is 15.4 Å². The molecule has 1 heterocycles. The van der Waals surface area contributed by atoms with E-state index in [1.807, 2.05) is 78.2 Å². The van der Waals surface area contributed by atoms with Crippen molar-refractivity contribution in [3.8, 4) is 10.6 Å². The van der Waals surface area contributed by atoms with Crippen molar-refractivity contribution in [2.24, 2.45) is 0 Å². The molecule has 0 fully saturated rings. The maximum absolute atomic E-state index is 13.5. The van der Waals surface area contributed by atoms with Crippen LogP contribution in [0.15, 0.2) is 90.3 Å². The molecule has 11 heteroatoms. The Morgan fingerprint density at radius 3 is 2.21 bits per heavy atom. The number of aromatic nitrogens is 1. The molecule has 0 aliphatic rings. The number of nitrogens with zero attached hydrogens (tertiary/aromatic N) is 1. The molecule has 0 bridgehead atoms. The molecule has 2 amide bonds. The predicted octanol–water partition coefficient (Wildman–Crippen LogP) is 4.73. The average molecular weight is 565 g/mol. The first-order chi connectivity index (χ1) is 18.9. The SMILES string of the molecule is COC(=O)N[C@@H](Cc1ccccc1)C(=O)N[C@@H](Cc1ccc(NS(=O)O)cc1)c1csc(-c2ccccc2)n1. The molecule has 3 aromatic carbocycles. The number of ether oxygens (including phenoxy) is 1. The van der Waals surface area contributed by atoms with Gasteiger partial charge in [0.05, 0.1) is 18.8 Å². The van der Waals surface area contributed by atoms with Gasteiger partial charge in [-0.25, -0.2) is 14.0 Å². The van der Waals surface area contributed by atoms with Gasteiger partial charge < -0.3 is 15.4 Å². The first kappa shape index (κ1) is 28.0. The van der Waals surface area contributed by atoms with Crippen LogP contribution in [0.1, 0.15) is 22.9 Å². The van der Waals surface area contributed by atoms with Crippen molar-refractivity contribution in [1.82, 2.24) is 15.6 Å². The zero-order chi connectivity index (χ0) is 27.6. The van der Waals surface area contributed by atoms with Gasteiger partial charge >= 0.3 is 6.09 Å². The maximum Gasteiger partial charge on any atom is 0.407 e. The van der Waals surface area contributed by atoms with Crippen LogP contribution in [0.4, 0.5) is 10.5 Å². The Bertz CT molecular complexity index is 1400. The summed E-state index contributed by atoms with van der Waals surface area (Å²) in [5.41, 5.74) is 3.91. The van der Waals surface area contributed by atoms with Gasteiger partial charge in [0.15, 0.2) is 0 Å². The first-order valence-corrected chi connectivity index (χ1v) is 14.1. The molecule has 4 N–H and O–H groups in total. The third kappa shape index (κ3) is 8.21. The number of benzene rings is 3.